The van der Waals surface area contributed by atoms with Gasteiger partial charge in [-0.2, -0.15) is 0 Å². The molecule has 0 radical (unpaired) electrons. The second-order valence-electron chi connectivity index (χ2n) is 5.81. The molecule has 0 aromatic heterocycles. The lowest BCUT2D eigenvalue weighted by Gasteiger charge is -2.21. The molecule has 2 saturated carbocycles. The van der Waals surface area contributed by atoms with E-state index in [1.54, 1.807) is 0 Å². The summed E-state index contributed by atoms with van der Waals surface area (Å²) in [5, 5.41) is 3.15. The van der Waals surface area contributed by atoms with Gasteiger partial charge >= 0.3 is 0 Å². The Kier molecular flexibility index (Phi) is 5.04. The Labute approximate surface area is 111 Å². The van der Waals surface area contributed by atoms with Crippen molar-refractivity contribution in [2.24, 2.45) is 17.8 Å². The zero-order valence-corrected chi connectivity index (χ0v) is 12.1. The summed E-state index contributed by atoms with van der Waals surface area (Å²) < 4.78 is 26.4. The van der Waals surface area contributed by atoms with E-state index < -0.39 is 10.0 Å². The van der Waals surface area contributed by atoms with Gasteiger partial charge in [-0.05, 0) is 56.5 Å². The van der Waals surface area contributed by atoms with E-state index in [-0.39, 0.29) is 5.75 Å². The SMILES string of the molecule is CCNCCCS(=O)(=O)NCC1CC2CCC1C2. The maximum atomic E-state index is 11.8. The molecule has 2 aliphatic carbocycles. The molecule has 2 fully saturated rings. The molecule has 2 aliphatic rings. The third-order valence-electron chi connectivity index (χ3n) is 4.47. The van der Waals surface area contributed by atoms with Gasteiger partial charge in [0.1, 0.15) is 0 Å². The minimum atomic E-state index is -3.06. The van der Waals surface area contributed by atoms with E-state index in [1.807, 2.05) is 6.92 Å². The molecule has 2 rings (SSSR count). The number of hydrogen-bond acceptors (Lipinski definition) is 3. The lowest BCUT2D eigenvalue weighted by Crippen LogP contribution is -2.34. The highest BCUT2D eigenvalue weighted by molar-refractivity contribution is 7.89. The Morgan fingerprint density at radius 2 is 2.06 bits per heavy atom. The Bertz CT molecular complexity index is 356. The molecule has 2 N–H and O–H groups in total. The summed E-state index contributed by atoms with van der Waals surface area (Å²) >= 11 is 0. The van der Waals surface area contributed by atoms with E-state index in [2.05, 4.69) is 10.0 Å². The maximum Gasteiger partial charge on any atom is 0.211 e. The van der Waals surface area contributed by atoms with Gasteiger partial charge in [-0.1, -0.05) is 13.3 Å². The first-order valence-electron chi connectivity index (χ1n) is 7.28. The quantitative estimate of drug-likeness (QED) is 0.657. The molecular weight excluding hydrogens is 248 g/mol. The fraction of sp³-hybridized carbons (Fsp3) is 1.00. The minimum absolute atomic E-state index is 0.251. The second kappa shape index (κ2) is 6.35. The fourth-order valence-electron chi connectivity index (χ4n) is 3.50. The highest BCUT2D eigenvalue weighted by atomic mass is 32.2. The molecule has 0 aromatic carbocycles. The summed E-state index contributed by atoms with van der Waals surface area (Å²) in [7, 11) is -3.06. The van der Waals surface area contributed by atoms with Gasteiger partial charge < -0.3 is 5.32 Å². The van der Waals surface area contributed by atoms with Gasteiger partial charge in [-0.25, -0.2) is 13.1 Å². The monoisotopic (exact) mass is 274 g/mol. The van der Waals surface area contributed by atoms with Crippen molar-refractivity contribution in [2.45, 2.75) is 39.0 Å². The maximum absolute atomic E-state index is 11.8. The summed E-state index contributed by atoms with van der Waals surface area (Å²) in [6.45, 7) is 4.39. The molecule has 0 amide bonds. The van der Waals surface area contributed by atoms with E-state index >= 15 is 0 Å². The van der Waals surface area contributed by atoms with Crippen LogP contribution in [0.5, 0.6) is 0 Å². The summed E-state index contributed by atoms with van der Waals surface area (Å²) in [4.78, 5) is 0. The van der Waals surface area contributed by atoms with Crippen LogP contribution >= 0.6 is 0 Å². The lowest BCUT2D eigenvalue weighted by atomic mass is 9.89. The van der Waals surface area contributed by atoms with E-state index in [1.165, 1.54) is 25.7 Å². The summed E-state index contributed by atoms with van der Waals surface area (Å²) in [6.07, 6.45) is 5.96. The van der Waals surface area contributed by atoms with Gasteiger partial charge in [0.05, 0.1) is 5.75 Å². The molecule has 0 spiro atoms. The van der Waals surface area contributed by atoms with Crippen molar-refractivity contribution >= 4 is 10.0 Å². The fourth-order valence-corrected chi connectivity index (χ4v) is 4.63. The largest absolute Gasteiger partial charge is 0.317 e. The molecule has 2 bridgehead atoms. The molecule has 0 heterocycles. The van der Waals surface area contributed by atoms with Crippen LogP contribution in [0.15, 0.2) is 0 Å². The van der Waals surface area contributed by atoms with Gasteiger partial charge in [-0.15, -0.1) is 0 Å². The Morgan fingerprint density at radius 1 is 1.22 bits per heavy atom. The van der Waals surface area contributed by atoms with Crippen LogP contribution in [0.4, 0.5) is 0 Å². The smallest absolute Gasteiger partial charge is 0.211 e. The Hall–Kier alpha value is -0.130. The summed E-state index contributed by atoms with van der Waals surface area (Å²) in [6, 6.07) is 0. The minimum Gasteiger partial charge on any atom is -0.317 e. The molecule has 106 valence electrons. The van der Waals surface area contributed by atoms with Gasteiger partial charge in [0.15, 0.2) is 0 Å². The molecule has 4 nitrogen and oxygen atoms in total. The molecule has 0 saturated heterocycles. The highest BCUT2D eigenvalue weighted by Crippen LogP contribution is 2.47. The van der Waals surface area contributed by atoms with Crippen molar-refractivity contribution in [1.29, 1.82) is 0 Å². The topological polar surface area (TPSA) is 58.2 Å². The highest BCUT2D eigenvalue weighted by Gasteiger charge is 2.39. The van der Waals surface area contributed by atoms with Crippen LogP contribution in [-0.2, 0) is 10.0 Å². The van der Waals surface area contributed by atoms with Crippen LogP contribution in [0.3, 0.4) is 0 Å². The van der Waals surface area contributed by atoms with Gasteiger partial charge in [0, 0.05) is 6.54 Å². The molecule has 5 heteroatoms. The second-order valence-corrected chi connectivity index (χ2v) is 7.74. The molecule has 0 aromatic rings. The van der Waals surface area contributed by atoms with Crippen molar-refractivity contribution in [3.63, 3.8) is 0 Å². The average Bonchev–Trinajstić information content (AvgIpc) is 2.94. The molecular formula is C13H26N2O2S. The van der Waals surface area contributed by atoms with Crippen LogP contribution < -0.4 is 10.0 Å². The summed E-state index contributed by atoms with van der Waals surface area (Å²) in [5.74, 6) is 2.53. The van der Waals surface area contributed by atoms with Crippen molar-refractivity contribution < 1.29 is 8.42 Å². The van der Waals surface area contributed by atoms with Gasteiger partial charge in [-0.3, -0.25) is 0 Å². The number of hydrogen-bond donors (Lipinski definition) is 2. The standard InChI is InChI=1S/C13H26N2O2S/c1-2-14-6-3-7-18(16,17)15-10-13-9-11-4-5-12(13)8-11/h11-15H,2-10H2,1H3. The normalized spacial score (nSPS) is 31.1. The van der Waals surface area contributed by atoms with E-state index in [4.69, 9.17) is 0 Å². The Balaban J connectivity index is 1.65. The predicted octanol–water partition coefficient (Wildman–Crippen LogP) is 1.34. The van der Waals surface area contributed by atoms with Gasteiger partial charge in [0.25, 0.3) is 0 Å². The first kappa shape index (κ1) is 14.3. The molecule has 3 unspecified atom stereocenters. The molecule has 0 aliphatic heterocycles. The average molecular weight is 274 g/mol. The number of sulfonamides is 1. The Morgan fingerprint density at radius 3 is 2.67 bits per heavy atom. The lowest BCUT2D eigenvalue weighted by molar-refractivity contribution is 0.332. The van der Waals surface area contributed by atoms with Crippen molar-refractivity contribution in [1.82, 2.24) is 10.0 Å². The van der Waals surface area contributed by atoms with Crippen molar-refractivity contribution in [3.8, 4) is 0 Å². The number of fused-ring (bicyclic) bond motifs is 2. The number of rotatable bonds is 8. The first-order valence-corrected chi connectivity index (χ1v) is 8.94. The van der Waals surface area contributed by atoms with Crippen molar-refractivity contribution in [2.75, 3.05) is 25.4 Å². The zero-order valence-electron chi connectivity index (χ0n) is 11.3. The molecule has 3 atom stereocenters. The third kappa shape index (κ3) is 3.93. The van der Waals surface area contributed by atoms with Crippen LogP contribution in [0.1, 0.15) is 39.0 Å². The van der Waals surface area contributed by atoms with E-state index in [0.29, 0.717) is 18.9 Å². The molecule has 18 heavy (non-hydrogen) atoms. The third-order valence-corrected chi connectivity index (χ3v) is 5.90. The zero-order chi connectivity index (χ0) is 13.0. The predicted molar refractivity (Wildman–Crippen MR) is 73.9 cm³/mol. The van der Waals surface area contributed by atoms with Crippen LogP contribution in [0, 0.1) is 17.8 Å². The van der Waals surface area contributed by atoms with Crippen LogP contribution in [-0.4, -0.2) is 33.8 Å². The summed E-state index contributed by atoms with van der Waals surface area (Å²) in [5.41, 5.74) is 0. The van der Waals surface area contributed by atoms with Crippen LogP contribution in [0.2, 0.25) is 0 Å². The van der Waals surface area contributed by atoms with Gasteiger partial charge in [0.2, 0.25) is 10.0 Å². The first-order chi connectivity index (χ1) is 8.61. The van der Waals surface area contributed by atoms with Crippen LogP contribution in [0.25, 0.3) is 0 Å². The van der Waals surface area contributed by atoms with Crippen molar-refractivity contribution in [3.05, 3.63) is 0 Å². The van der Waals surface area contributed by atoms with E-state index in [0.717, 1.165) is 24.9 Å². The number of nitrogens with one attached hydrogen (secondary N) is 2. The van der Waals surface area contributed by atoms with E-state index in [9.17, 15) is 8.42 Å².